The number of aryl methyl sites for hydroxylation is 2. The van der Waals surface area contributed by atoms with Crippen LogP contribution in [0.5, 0.6) is 0 Å². The topological polar surface area (TPSA) is 87.4 Å². The fourth-order valence-corrected chi connectivity index (χ4v) is 2.99. The number of nitrogens with zero attached hydrogens (tertiary/aromatic N) is 6. The average molecular weight is 265 g/mol. The first kappa shape index (κ1) is 11.7. The summed E-state index contributed by atoms with van der Waals surface area (Å²) in [6.07, 6.45) is 2.32. The predicted molar refractivity (Wildman–Crippen MR) is 66.0 cm³/mol. The van der Waals surface area contributed by atoms with E-state index >= 15 is 0 Å². The maximum Gasteiger partial charge on any atom is 0.215 e. The van der Waals surface area contributed by atoms with Gasteiger partial charge in [0, 0.05) is 19.2 Å². The van der Waals surface area contributed by atoms with Gasteiger partial charge in [-0.15, -0.1) is 5.10 Å². The van der Waals surface area contributed by atoms with Crippen LogP contribution in [0.2, 0.25) is 0 Å². The minimum Gasteiger partial charge on any atom is -0.326 e. The molecule has 2 N–H and O–H groups in total. The molecule has 18 heavy (non-hydrogen) atoms. The molecule has 0 radical (unpaired) electrons. The van der Waals surface area contributed by atoms with Crippen molar-refractivity contribution in [2.45, 2.75) is 42.5 Å². The first-order valence-electron chi connectivity index (χ1n) is 5.89. The normalized spacial score (nSPS) is 15.3. The predicted octanol–water partition coefficient (Wildman–Crippen LogP) is 0.660. The Hall–Kier alpha value is -1.41. The van der Waals surface area contributed by atoms with Crippen molar-refractivity contribution in [1.29, 1.82) is 0 Å². The summed E-state index contributed by atoms with van der Waals surface area (Å²) in [6.45, 7) is 2.45. The van der Waals surface area contributed by atoms with Gasteiger partial charge in [-0.05, 0) is 42.0 Å². The Bertz CT molecular complexity index is 569. The number of aromatic nitrogens is 6. The van der Waals surface area contributed by atoms with Crippen LogP contribution in [-0.4, -0.2) is 30.0 Å². The second-order valence-corrected chi connectivity index (χ2v) is 5.39. The lowest BCUT2D eigenvalue weighted by Gasteiger charge is -2.04. The lowest BCUT2D eigenvalue weighted by Crippen LogP contribution is -2.02. The van der Waals surface area contributed by atoms with Crippen LogP contribution >= 0.6 is 11.8 Å². The molecule has 1 aliphatic rings. The lowest BCUT2D eigenvalue weighted by atomic mass is 10.3. The Balaban J connectivity index is 1.94. The van der Waals surface area contributed by atoms with E-state index in [1.54, 1.807) is 0 Å². The molecule has 1 aliphatic carbocycles. The highest BCUT2D eigenvalue weighted by atomic mass is 32.2. The minimum absolute atomic E-state index is 0.471. The highest BCUT2D eigenvalue weighted by Gasteiger charge is 2.29. The van der Waals surface area contributed by atoms with E-state index in [-0.39, 0.29) is 0 Å². The number of nitrogens with two attached hydrogens (primary N) is 1. The van der Waals surface area contributed by atoms with E-state index in [4.69, 9.17) is 5.73 Å². The number of rotatable bonds is 4. The van der Waals surface area contributed by atoms with Crippen molar-refractivity contribution >= 4 is 11.8 Å². The number of hydrogen-bond acceptors (Lipinski definition) is 6. The van der Waals surface area contributed by atoms with Gasteiger partial charge in [0.05, 0.1) is 11.7 Å². The molecule has 1 saturated carbocycles. The standard InChI is InChI=1S/C10H15N7S/c1-6-8(5-11)9(16(2)13-6)18-10-12-14-15-17(10)7-3-4-7/h7H,3-5,11H2,1-2H3. The van der Waals surface area contributed by atoms with Crippen LogP contribution in [0.4, 0.5) is 0 Å². The molecule has 3 rings (SSSR count). The SMILES string of the molecule is Cc1nn(C)c(Sc2nnnn2C2CC2)c1CN. The third kappa shape index (κ3) is 1.91. The number of tetrazole rings is 1. The summed E-state index contributed by atoms with van der Waals surface area (Å²) in [4.78, 5) is 0. The Kier molecular flexibility index (Phi) is 2.83. The first-order valence-corrected chi connectivity index (χ1v) is 6.70. The fourth-order valence-electron chi connectivity index (χ4n) is 1.93. The van der Waals surface area contributed by atoms with Crippen LogP contribution < -0.4 is 5.73 Å². The largest absolute Gasteiger partial charge is 0.326 e. The molecule has 0 aliphatic heterocycles. The van der Waals surface area contributed by atoms with Crippen LogP contribution in [0, 0.1) is 6.92 Å². The highest BCUT2D eigenvalue weighted by Crippen LogP contribution is 2.38. The number of hydrogen-bond donors (Lipinski definition) is 1. The summed E-state index contributed by atoms with van der Waals surface area (Å²) in [5.41, 5.74) is 7.81. The van der Waals surface area contributed by atoms with Gasteiger partial charge in [0.15, 0.2) is 0 Å². The molecule has 2 aromatic rings. The van der Waals surface area contributed by atoms with Gasteiger partial charge in [0.25, 0.3) is 0 Å². The van der Waals surface area contributed by atoms with Gasteiger partial charge in [-0.1, -0.05) is 0 Å². The van der Waals surface area contributed by atoms with Crippen molar-refractivity contribution in [3.63, 3.8) is 0 Å². The Morgan fingerprint density at radius 2 is 2.22 bits per heavy atom. The molecule has 1 fully saturated rings. The molecule has 96 valence electrons. The van der Waals surface area contributed by atoms with Crippen molar-refractivity contribution in [1.82, 2.24) is 30.0 Å². The molecular weight excluding hydrogens is 250 g/mol. The molecule has 0 bridgehead atoms. The highest BCUT2D eigenvalue weighted by molar-refractivity contribution is 7.99. The summed E-state index contributed by atoms with van der Waals surface area (Å²) in [6, 6.07) is 0.471. The molecule has 0 aromatic carbocycles. The van der Waals surface area contributed by atoms with Gasteiger partial charge >= 0.3 is 0 Å². The van der Waals surface area contributed by atoms with Gasteiger partial charge in [-0.2, -0.15) is 5.10 Å². The Labute approximate surface area is 109 Å². The van der Waals surface area contributed by atoms with E-state index in [0.717, 1.165) is 34.3 Å². The molecule has 0 unspecified atom stereocenters. The van der Waals surface area contributed by atoms with E-state index in [1.807, 2.05) is 23.3 Å². The monoisotopic (exact) mass is 265 g/mol. The minimum atomic E-state index is 0.471. The maximum absolute atomic E-state index is 5.78. The first-order chi connectivity index (χ1) is 8.70. The molecule has 2 heterocycles. The van der Waals surface area contributed by atoms with E-state index in [9.17, 15) is 0 Å². The van der Waals surface area contributed by atoms with Gasteiger partial charge in [0.2, 0.25) is 5.16 Å². The molecule has 0 atom stereocenters. The summed E-state index contributed by atoms with van der Waals surface area (Å²) >= 11 is 1.54. The second-order valence-electron chi connectivity index (χ2n) is 4.44. The maximum atomic E-state index is 5.78. The Morgan fingerprint density at radius 3 is 2.89 bits per heavy atom. The van der Waals surface area contributed by atoms with Crippen LogP contribution in [0.25, 0.3) is 0 Å². The van der Waals surface area contributed by atoms with Gasteiger partial charge in [-0.25, -0.2) is 4.68 Å². The van der Waals surface area contributed by atoms with Gasteiger partial charge < -0.3 is 5.73 Å². The van der Waals surface area contributed by atoms with Gasteiger partial charge in [-0.3, -0.25) is 4.68 Å². The van der Waals surface area contributed by atoms with Crippen LogP contribution in [0.15, 0.2) is 10.2 Å². The second kappa shape index (κ2) is 4.36. The quantitative estimate of drug-likeness (QED) is 0.873. The zero-order valence-electron chi connectivity index (χ0n) is 10.4. The summed E-state index contributed by atoms with van der Waals surface area (Å²) in [5.74, 6) is 0. The summed E-state index contributed by atoms with van der Waals surface area (Å²) in [5, 5.41) is 18.1. The van der Waals surface area contributed by atoms with E-state index < -0.39 is 0 Å². The van der Waals surface area contributed by atoms with Crippen molar-refractivity contribution in [2.24, 2.45) is 12.8 Å². The van der Waals surface area contributed by atoms with E-state index in [2.05, 4.69) is 20.6 Å². The smallest absolute Gasteiger partial charge is 0.215 e. The van der Waals surface area contributed by atoms with Gasteiger partial charge in [0.1, 0.15) is 5.03 Å². The van der Waals surface area contributed by atoms with Crippen LogP contribution in [0.1, 0.15) is 30.1 Å². The average Bonchev–Trinajstić information content (AvgIpc) is 3.02. The molecule has 8 heteroatoms. The fraction of sp³-hybridized carbons (Fsp3) is 0.600. The van der Waals surface area contributed by atoms with Crippen LogP contribution in [0.3, 0.4) is 0 Å². The summed E-state index contributed by atoms with van der Waals surface area (Å²) in [7, 11) is 1.92. The molecular formula is C10H15N7S. The van der Waals surface area contributed by atoms with E-state index in [0.29, 0.717) is 12.6 Å². The molecule has 7 nitrogen and oxygen atoms in total. The third-order valence-corrected chi connectivity index (χ3v) is 4.19. The van der Waals surface area contributed by atoms with Crippen molar-refractivity contribution < 1.29 is 0 Å². The lowest BCUT2D eigenvalue weighted by molar-refractivity contribution is 0.564. The third-order valence-electron chi connectivity index (χ3n) is 3.04. The molecule has 0 saturated heterocycles. The molecule has 0 amide bonds. The van der Waals surface area contributed by atoms with Crippen molar-refractivity contribution in [3.8, 4) is 0 Å². The Morgan fingerprint density at radius 1 is 1.44 bits per heavy atom. The van der Waals surface area contributed by atoms with Crippen molar-refractivity contribution in [3.05, 3.63) is 11.3 Å². The van der Waals surface area contributed by atoms with E-state index in [1.165, 1.54) is 11.8 Å². The van der Waals surface area contributed by atoms with Crippen molar-refractivity contribution in [2.75, 3.05) is 0 Å². The zero-order chi connectivity index (χ0) is 12.7. The van der Waals surface area contributed by atoms with Crippen LogP contribution in [-0.2, 0) is 13.6 Å². The zero-order valence-corrected chi connectivity index (χ0v) is 11.2. The summed E-state index contributed by atoms with van der Waals surface area (Å²) < 4.78 is 3.74. The molecule has 2 aromatic heterocycles. The molecule has 0 spiro atoms.